The van der Waals surface area contributed by atoms with Crippen molar-refractivity contribution in [2.75, 3.05) is 6.61 Å². The van der Waals surface area contributed by atoms with Crippen molar-refractivity contribution in [2.24, 2.45) is 0 Å². The molecule has 0 N–H and O–H groups in total. The van der Waals surface area contributed by atoms with Crippen molar-refractivity contribution in [2.45, 2.75) is 25.7 Å². The second-order valence-corrected chi connectivity index (χ2v) is 7.35. The van der Waals surface area contributed by atoms with E-state index in [2.05, 4.69) is 6.58 Å². The van der Waals surface area contributed by atoms with Gasteiger partial charge in [0.05, 0.1) is 6.61 Å². The number of aryl methyl sites for hydroxylation is 2. The summed E-state index contributed by atoms with van der Waals surface area (Å²) in [5, 5.41) is 0. The van der Waals surface area contributed by atoms with Gasteiger partial charge in [-0.3, -0.25) is 4.79 Å². The Hall–Kier alpha value is -2.93. The second kappa shape index (κ2) is 8.18. The van der Waals surface area contributed by atoms with Crippen LogP contribution in [0.3, 0.4) is 0 Å². The third-order valence-electron chi connectivity index (χ3n) is 3.78. The van der Waals surface area contributed by atoms with E-state index in [0.717, 1.165) is 5.56 Å². The van der Waals surface area contributed by atoms with Crippen molar-refractivity contribution in [1.82, 2.24) is 0 Å². The summed E-state index contributed by atoms with van der Waals surface area (Å²) in [5.74, 6) is -1.64. The molecule has 0 radical (unpaired) electrons. The van der Waals surface area contributed by atoms with Crippen molar-refractivity contribution in [3.63, 3.8) is 0 Å². The first-order valence-electron chi connectivity index (χ1n) is 8.19. The van der Waals surface area contributed by atoms with Gasteiger partial charge in [0.2, 0.25) is 0 Å². The van der Waals surface area contributed by atoms with Gasteiger partial charge in [0, 0.05) is 5.56 Å². The summed E-state index contributed by atoms with van der Waals surface area (Å²) in [5.41, 5.74) is 1.72. The molecule has 0 saturated heterocycles. The summed E-state index contributed by atoms with van der Waals surface area (Å²) >= 11 is 0. The van der Waals surface area contributed by atoms with E-state index in [1.807, 2.05) is 0 Å². The average Bonchev–Trinajstić information content (AvgIpc) is 2.64. The largest absolute Gasteiger partial charge is 0.460 e. The zero-order valence-corrected chi connectivity index (χ0v) is 16.1. The normalized spacial score (nSPS) is 10.9. The van der Waals surface area contributed by atoms with Gasteiger partial charge in [-0.1, -0.05) is 24.8 Å². The molecule has 0 amide bonds. The fourth-order valence-electron chi connectivity index (χ4n) is 2.46. The van der Waals surface area contributed by atoms with Gasteiger partial charge < -0.3 is 8.92 Å². The second-order valence-electron chi connectivity index (χ2n) is 5.80. The molecule has 2 rings (SSSR count). The van der Waals surface area contributed by atoms with E-state index >= 15 is 0 Å². The topological polar surface area (TPSA) is 86.7 Å². The maximum absolute atomic E-state index is 12.5. The molecule has 0 fully saturated rings. The van der Waals surface area contributed by atoms with Crippen molar-refractivity contribution in [1.29, 1.82) is 0 Å². The van der Waals surface area contributed by atoms with E-state index in [1.165, 1.54) is 24.3 Å². The molecule has 2 aromatic rings. The van der Waals surface area contributed by atoms with Gasteiger partial charge in [-0.15, -0.1) is 0 Å². The Bertz CT molecular complexity index is 965. The van der Waals surface area contributed by atoms with Gasteiger partial charge >= 0.3 is 16.1 Å². The average molecular weight is 388 g/mol. The van der Waals surface area contributed by atoms with Crippen LogP contribution < -0.4 is 4.18 Å². The van der Waals surface area contributed by atoms with Gasteiger partial charge in [-0.25, -0.2) is 4.79 Å². The number of rotatable bonds is 7. The first-order valence-corrected chi connectivity index (χ1v) is 9.60. The SMILES string of the molecule is C=Cc1ccc(S(=O)(=O)Oc2c(C)cc(C(=O)C(=O)OCC)cc2C)cc1. The van der Waals surface area contributed by atoms with Gasteiger partial charge in [-0.2, -0.15) is 8.42 Å². The van der Waals surface area contributed by atoms with Gasteiger partial charge in [0.1, 0.15) is 10.6 Å². The van der Waals surface area contributed by atoms with Crippen LogP contribution in [0.25, 0.3) is 6.08 Å². The fourth-order valence-corrected chi connectivity index (χ4v) is 3.50. The van der Waals surface area contributed by atoms with Gasteiger partial charge in [-0.05, 0) is 61.7 Å². The highest BCUT2D eigenvalue weighted by atomic mass is 32.2. The highest BCUT2D eigenvalue weighted by Gasteiger charge is 2.23. The lowest BCUT2D eigenvalue weighted by Gasteiger charge is -2.13. The third-order valence-corrected chi connectivity index (χ3v) is 5.02. The maximum atomic E-state index is 12.5. The first kappa shape index (κ1) is 20.4. The minimum absolute atomic E-state index is 0.00132. The Morgan fingerprint density at radius 2 is 1.63 bits per heavy atom. The van der Waals surface area contributed by atoms with Crippen LogP contribution in [0, 0.1) is 13.8 Å². The summed E-state index contributed by atoms with van der Waals surface area (Å²) in [6, 6.07) is 8.88. The molecule has 0 aliphatic carbocycles. The Balaban J connectivity index is 2.34. The summed E-state index contributed by atoms with van der Waals surface area (Å²) < 4.78 is 35.0. The Kier molecular flexibility index (Phi) is 6.17. The van der Waals surface area contributed by atoms with Crippen LogP contribution in [-0.4, -0.2) is 26.8 Å². The number of hydrogen-bond donors (Lipinski definition) is 0. The Labute approximate surface area is 158 Å². The van der Waals surface area contributed by atoms with E-state index in [9.17, 15) is 18.0 Å². The molecular weight excluding hydrogens is 368 g/mol. The zero-order valence-electron chi connectivity index (χ0n) is 15.3. The molecule has 0 aliphatic rings. The lowest BCUT2D eigenvalue weighted by molar-refractivity contribution is -0.137. The van der Waals surface area contributed by atoms with E-state index in [4.69, 9.17) is 8.92 Å². The van der Waals surface area contributed by atoms with Gasteiger partial charge in [0.15, 0.2) is 0 Å². The molecule has 0 aliphatic heterocycles. The predicted octanol–water partition coefficient (Wildman–Crippen LogP) is 3.46. The van der Waals surface area contributed by atoms with E-state index in [0.29, 0.717) is 11.1 Å². The number of Topliss-reactive ketones (excluding diaryl/α,β-unsaturated/α-hetero) is 1. The highest BCUT2D eigenvalue weighted by Crippen LogP contribution is 2.28. The third kappa shape index (κ3) is 4.62. The molecule has 0 saturated carbocycles. The molecule has 142 valence electrons. The molecular formula is C20H20O6S. The van der Waals surface area contributed by atoms with Crippen LogP contribution >= 0.6 is 0 Å². The van der Waals surface area contributed by atoms with Crippen molar-refractivity contribution >= 4 is 27.9 Å². The van der Waals surface area contributed by atoms with Crippen LogP contribution in [0.4, 0.5) is 0 Å². The van der Waals surface area contributed by atoms with Crippen LogP contribution in [-0.2, 0) is 19.6 Å². The summed E-state index contributed by atoms with van der Waals surface area (Å²) in [6.07, 6.45) is 1.60. The molecule has 6 nitrogen and oxygen atoms in total. The monoisotopic (exact) mass is 388 g/mol. The highest BCUT2D eigenvalue weighted by molar-refractivity contribution is 7.87. The maximum Gasteiger partial charge on any atom is 0.379 e. The number of esters is 1. The van der Waals surface area contributed by atoms with Crippen LogP contribution in [0.2, 0.25) is 0 Å². The number of ether oxygens (including phenoxy) is 1. The molecule has 0 unspecified atom stereocenters. The lowest BCUT2D eigenvalue weighted by Crippen LogP contribution is -2.18. The zero-order chi connectivity index (χ0) is 20.2. The molecule has 27 heavy (non-hydrogen) atoms. The standard InChI is InChI=1S/C20H20O6S/c1-5-15-7-9-17(10-8-15)27(23,24)26-19-13(3)11-16(12-14(19)4)18(21)20(22)25-6-2/h5,7-12H,1,6H2,2-4H3. The first-order chi connectivity index (χ1) is 12.7. The number of ketones is 1. The Morgan fingerprint density at radius 3 is 2.11 bits per heavy atom. The summed E-state index contributed by atoms with van der Waals surface area (Å²) in [7, 11) is -4.05. The Morgan fingerprint density at radius 1 is 1.07 bits per heavy atom. The van der Waals surface area contributed by atoms with Crippen molar-refractivity contribution in [3.05, 3.63) is 65.2 Å². The molecule has 0 bridgehead atoms. The van der Waals surface area contributed by atoms with Crippen molar-refractivity contribution in [3.8, 4) is 5.75 Å². The molecule has 0 aromatic heterocycles. The molecule has 0 spiro atoms. The molecule has 7 heteroatoms. The number of carbonyl (C=O) groups excluding carboxylic acids is 2. The van der Waals surface area contributed by atoms with Crippen LogP contribution in [0.15, 0.2) is 47.9 Å². The predicted molar refractivity (Wildman–Crippen MR) is 101 cm³/mol. The minimum Gasteiger partial charge on any atom is -0.460 e. The van der Waals surface area contributed by atoms with Crippen LogP contribution in [0.1, 0.15) is 34.0 Å². The summed E-state index contributed by atoms with van der Waals surface area (Å²) in [6.45, 7) is 8.51. The summed E-state index contributed by atoms with van der Waals surface area (Å²) in [4.78, 5) is 23.7. The fraction of sp³-hybridized carbons (Fsp3) is 0.200. The minimum atomic E-state index is -4.05. The van der Waals surface area contributed by atoms with Gasteiger partial charge in [0.25, 0.3) is 5.78 Å². The molecule has 0 heterocycles. The smallest absolute Gasteiger partial charge is 0.379 e. The van der Waals surface area contributed by atoms with E-state index in [1.54, 1.807) is 39.0 Å². The quantitative estimate of drug-likeness (QED) is 0.312. The van der Waals surface area contributed by atoms with E-state index in [-0.39, 0.29) is 22.8 Å². The van der Waals surface area contributed by atoms with Crippen molar-refractivity contribution < 1.29 is 26.9 Å². The number of hydrogen-bond acceptors (Lipinski definition) is 6. The number of carbonyl (C=O) groups is 2. The lowest BCUT2D eigenvalue weighted by atomic mass is 10.0. The van der Waals surface area contributed by atoms with Crippen LogP contribution in [0.5, 0.6) is 5.75 Å². The molecule has 0 atom stereocenters. The van der Waals surface area contributed by atoms with E-state index < -0.39 is 21.9 Å². The molecule has 2 aromatic carbocycles. The number of benzene rings is 2.